The molecule has 1 fully saturated rings. The zero-order chi connectivity index (χ0) is 13.5. The smallest absolute Gasteiger partial charge is 0.307 e. The van der Waals surface area contributed by atoms with Crippen molar-refractivity contribution in [1.29, 1.82) is 0 Å². The van der Waals surface area contributed by atoms with Crippen LogP contribution in [-0.4, -0.2) is 36.1 Å². The second kappa shape index (κ2) is 4.43. The standard InChI is InChI=1S/C8H8BrFN4O3S/c9-5-2-12-8(7(11)13-5)14-3-4(1-6(14)15)18(10,16)17/h2,4H,1,3H2,(H2,11,13). The maximum Gasteiger partial charge on any atom is 0.307 e. The molecule has 1 aromatic heterocycles. The van der Waals surface area contributed by atoms with Crippen LogP contribution in [0.5, 0.6) is 0 Å². The number of halogens is 2. The molecule has 18 heavy (non-hydrogen) atoms. The van der Waals surface area contributed by atoms with E-state index in [1.165, 1.54) is 6.20 Å². The Morgan fingerprint density at radius 3 is 2.72 bits per heavy atom. The van der Waals surface area contributed by atoms with Gasteiger partial charge in [0.1, 0.15) is 9.85 Å². The van der Waals surface area contributed by atoms with Gasteiger partial charge in [-0.2, -0.15) is 8.42 Å². The number of aromatic nitrogens is 2. The zero-order valence-corrected chi connectivity index (χ0v) is 11.3. The van der Waals surface area contributed by atoms with E-state index in [4.69, 9.17) is 5.73 Å². The molecule has 0 spiro atoms. The maximum absolute atomic E-state index is 12.8. The number of anilines is 2. The van der Waals surface area contributed by atoms with Gasteiger partial charge in [0, 0.05) is 13.0 Å². The molecule has 2 N–H and O–H groups in total. The van der Waals surface area contributed by atoms with Crippen molar-refractivity contribution in [2.24, 2.45) is 0 Å². The van der Waals surface area contributed by atoms with Crippen molar-refractivity contribution in [1.82, 2.24) is 9.97 Å². The Morgan fingerprint density at radius 2 is 2.22 bits per heavy atom. The Bertz CT molecular complexity index is 608. The van der Waals surface area contributed by atoms with E-state index >= 15 is 0 Å². The van der Waals surface area contributed by atoms with Crippen LogP contribution in [0.3, 0.4) is 0 Å². The van der Waals surface area contributed by atoms with Gasteiger partial charge in [-0.15, -0.1) is 3.89 Å². The predicted octanol–water partition coefficient (Wildman–Crippen LogP) is 0.226. The first kappa shape index (κ1) is 13.1. The Hall–Kier alpha value is -1.29. The Kier molecular flexibility index (Phi) is 3.23. The predicted molar refractivity (Wildman–Crippen MR) is 64.9 cm³/mol. The van der Waals surface area contributed by atoms with Crippen LogP contribution in [-0.2, 0) is 15.0 Å². The molecule has 1 aromatic rings. The number of amides is 1. The molecule has 2 heterocycles. The summed E-state index contributed by atoms with van der Waals surface area (Å²) in [5, 5.41) is -1.38. The lowest BCUT2D eigenvalue weighted by Gasteiger charge is -2.15. The van der Waals surface area contributed by atoms with Gasteiger partial charge in [-0.1, -0.05) is 0 Å². The summed E-state index contributed by atoms with van der Waals surface area (Å²) in [6.07, 6.45) is 0.895. The van der Waals surface area contributed by atoms with E-state index in [1.807, 2.05) is 0 Å². The fourth-order valence-electron chi connectivity index (χ4n) is 1.65. The van der Waals surface area contributed by atoms with Gasteiger partial charge in [0.15, 0.2) is 11.6 Å². The van der Waals surface area contributed by atoms with Crippen LogP contribution < -0.4 is 10.6 Å². The number of hydrogen-bond donors (Lipinski definition) is 1. The molecular formula is C8H8BrFN4O3S. The highest BCUT2D eigenvalue weighted by Crippen LogP contribution is 2.27. The van der Waals surface area contributed by atoms with Crippen LogP contribution >= 0.6 is 15.9 Å². The fourth-order valence-corrected chi connectivity index (χ4v) is 2.61. The Labute approximate surface area is 111 Å². The molecule has 10 heteroatoms. The number of nitrogen functional groups attached to an aromatic ring is 1. The highest BCUT2D eigenvalue weighted by atomic mass is 79.9. The molecule has 1 atom stereocenters. The molecule has 0 bridgehead atoms. The van der Waals surface area contributed by atoms with Crippen molar-refractivity contribution in [2.45, 2.75) is 11.7 Å². The van der Waals surface area contributed by atoms with Crippen molar-refractivity contribution in [2.75, 3.05) is 17.2 Å². The maximum atomic E-state index is 12.8. The Balaban J connectivity index is 2.33. The van der Waals surface area contributed by atoms with E-state index in [-0.39, 0.29) is 18.2 Å². The first-order valence-electron chi connectivity index (χ1n) is 4.81. The lowest BCUT2D eigenvalue weighted by molar-refractivity contribution is -0.117. The molecule has 1 aliphatic rings. The van der Waals surface area contributed by atoms with E-state index in [0.717, 1.165) is 4.90 Å². The molecule has 0 aliphatic carbocycles. The van der Waals surface area contributed by atoms with Gasteiger partial charge >= 0.3 is 10.2 Å². The van der Waals surface area contributed by atoms with Crippen molar-refractivity contribution >= 4 is 43.7 Å². The summed E-state index contributed by atoms with van der Waals surface area (Å²) in [5.74, 6) is -0.548. The molecular weight excluding hydrogens is 331 g/mol. The molecule has 2 rings (SSSR count). The van der Waals surface area contributed by atoms with Crippen LogP contribution in [0.4, 0.5) is 15.5 Å². The summed E-state index contributed by atoms with van der Waals surface area (Å²) in [4.78, 5) is 20.4. The summed E-state index contributed by atoms with van der Waals surface area (Å²) in [5.41, 5.74) is 5.58. The zero-order valence-electron chi connectivity index (χ0n) is 8.88. The molecule has 1 saturated heterocycles. The first-order chi connectivity index (χ1) is 8.29. The minimum Gasteiger partial charge on any atom is -0.381 e. The normalized spacial score (nSPS) is 20.4. The minimum absolute atomic E-state index is 0.0327. The highest BCUT2D eigenvalue weighted by Gasteiger charge is 2.40. The Morgan fingerprint density at radius 1 is 1.56 bits per heavy atom. The number of carbonyl (C=O) groups excluding carboxylic acids is 1. The number of rotatable bonds is 2. The summed E-state index contributed by atoms with van der Waals surface area (Å²) < 4.78 is 34.8. The average molecular weight is 339 g/mol. The number of nitrogens with two attached hydrogens (primary N) is 1. The van der Waals surface area contributed by atoms with Crippen molar-refractivity contribution in [3.63, 3.8) is 0 Å². The molecule has 1 amide bonds. The largest absolute Gasteiger partial charge is 0.381 e. The lowest BCUT2D eigenvalue weighted by atomic mass is 10.4. The van der Waals surface area contributed by atoms with E-state index in [1.54, 1.807) is 0 Å². The van der Waals surface area contributed by atoms with Crippen LogP contribution in [0, 0.1) is 0 Å². The molecule has 1 aliphatic heterocycles. The molecule has 98 valence electrons. The summed E-state index contributed by atoms with van der Waals surface area (Å²) >= 11 is 3.05. The van der Waals surface area contributed by atoms with E-state index in [9.17, 15) is 17.1 Å². The summed E-state index contributed by atoms with van der Waals surface area (Å²) in [6.45, 7) is -0.307. The quantitative estimate of drug-likeness (QED) is 0.773. The first-order valence-corrected chi connectivity index (χ1v) is 7.05. The average Bonchev–Trinajstić information content (AvgIpc) is 2.60. The van der Waals surface area contributed by atoms with Gasteiger partial charge in [-0.3, -0.25) is 9.69 Å². The number of nitrogens with zero attached hydrogens (tertiary/aromatic N) is 3. The van der Waals surface area contributed by atoms with Crippen molar-refractivity contribution in [3.8, 4) is 0 Å². The second-order valence-electron chi connectivity index (χ2n) is 3.71. The SMILES string of the molecule is Nc1nc(Br)cnc1N1CC(S(=O)(=O)F)CC1=O. The van der Waals surface area contributed by atoms with Gasteiger partial charge in [0.2, 0.25) is 5.91 Å². The van der Waals surface area contributed by atoms with Crippen LogP contribution in [0.15, 0.2) is 10.8 Å². The van der Waals surface area contributed by atoms with Crippen LogP contribution in [0.25, 0.3) is 0 Å². The van der Waals surface area contributed by atoms with E-state index in [0.29, 0.717) is 4.60 Å². The van der Waals surface area contributed by atoms with Crippen molar-refractivity contribution < 1.29 is 17.1 Å². The van der Waals surface area contributed by atoms with E-state index < -0.39 is 27.8 Å². The molecule has 0 saturated carbocycles. The van der Waals surface area contributed by atoms with Gasteiger partial charge in [0.05, 0.1) is 6.20 Å². The minimum atomic E-state index is -4.76. The van der Waals surface area contributed by atoms with Gasteiger partial charge in [0.25, 0.3) is 0 Å². The third kappa shape index (κ3) is 2.43. The third-order valence-corrected chi connectivity index (χ3v) is 3.99. The van der Waals surface area contributed by atoms with Gasteiger partial charge in [-0.25, -0.2) is 9.97 Å². The molecule has 1 unspecified atom stereocenters. The topological polar surface area (TPSA) is 106 Å². The number of carbonyl (C=O) groups is 1. The van der Waals surface area contributed by atoms with Crippen LogP contribution in [0.1, 0.15) is 6.42 Å². The second-order valence-corrected chi connectivity index (χ2v) is 6.14. The van der Waals surface area contributed by atoms with Gasteiger partial charge < -0.3 is 5.73 Å². The molecule has 7 nitrogen and oxygen atoms in total. The summed E-state index contributed by atoms with van der Waals surface area (Å²) in [6, 6.07) is 0. The monoisotopic (exact) mass is 338 g/mol. The highest BCUT2D eigenvalue weighted by molar-refractivity contribution is 9.10. The molecule has 0 aromatic carbocycles. The summed E-state index contributed by atoms with van der Waals surface area (Å²) in [7, 11) is -4.76. The van der Waals surface area contributed by atoms with Crippen molar-refractivity contribution in [3.05, 3.63) is 10.8 Å². The van der Waals surface area contributed by atoms with Gasteiger partial charge in [-0.05, 0) is 15.9 Å². The molecule has 0 radical (unpaired) electrons. The van der Waals surface area contributed by atoms with Crippen LogP contribution in [0.2, 0.25) is 0 Å². The lowest BCUT2D eigenvalue weighted by Crippen LogP contribution is -2.28. The number of hydrogen-bond acceptors (Lipinski definition) is 6. The van der Waals surface area contributed by atoms with E-state index in [2.05, 4.69) is 25.9 Å². The fraction of sp³-hybridized carbons (Fsp3) is 0.375. The third-order valence-electron chi connectivity index (χ3n) is 2.49.